The van der Waals surface area contributed by atoms with Gasteiger partial charge in [-0.25, -0.2) is 0 Å². The number of ether oxygens (including phenoxy) is 1. The van der Waals surface area contributed by atoms with Crippen molar-refractivity contribution in [3.8, 4) is 5.75 Å². The highest BCUT2D eigenvalue weighted by atomic mass is 32.1. The summed E-state index contributed by atoms with van der Waals surface area (Å²) in [5.41, 5.74) is 4.20. The molecule has 1 atom stereocenters. The van der Waals surface area contributed by atoms with Crippen LogP contribution in [0.3, 0.4) is 0 Å². The summed E-state index contributed by atoms with van der Waals surface area (Å²) in [6.45, 7) is 12.0. The zero-order valence-electron chi connectivity index (χ0n) is 22.8. The van der Waals surface area contributed by atoms with Gasteiger partial charge in [0, 0.05) is 23.5 Å². The highest BCUT2D eigenvalue weighted by molar-refractivity contribution is 7.10. The summed E-state index contributed by atoms with van der Waals surface area (Å²) in [5.74, 6) is 0.775. The molecule has 4 rings (SSSR count). The van der Waals surface area contributed by atoms with E-state index in [-0.39, 0.29) is 35.7 Å². The van der Waals surface area contributed by atoms with Crippen LogP contribution in [0.1, 0.15) is 72.6 Å². The van der Waals surface area contributed by atoms with Crippen LogP contribution in [0.5, 0.6) is 5.75 Å². The Morgan fingerprint density at radius 1 is 1.05 bits per heavy atom. The number of rotatable bonds is 7. The van der Waals surface area contributed by atoms with Gasteiger partial charge in [-0.2, -0.15) is 0 Å². The van der Waals surface area contributed by atoms with Crippen molar-refractivity contribution >= 4 is 23.2 Å². The lowest BCUT2D eigenvalue weighted by Crippen LogP contribution is -2.47. The third-order valence-electron chi connectivity index (χ3n) is 6.91. The van der Waals surface area contributed by atoms with E-state index in [1.807, 2.05) is 4.90 Å². The Morgan fingerprint density at radius 2 is 1.73 bits per heavy atom. The van der Waals surface area contributed by atoms with E-state index in [2.05, 4.69) is 70.3 Å². The number of fused-ring (bicyclic) bond motifs is 1. The number of carbonyl (C=O) groups excluding carboxylic acids is 2. The van der Waals surface area contributed by atoms with Crippen LogP contribution in [0, 0.1) is 5.92 Å². The first-order valence-electron chi connectivity index (χ1n) is 13.0. The number of benzene rings is 2. The maximum atomic E-state index is 13.9. The molecule has 0 saturated carbocycles. The van der Waals surface area contributed by atoms with Crippen LogP contribution in [0.2, 0.25) is 0 Å². The zero-order chi connectivity index (χ0) is 26.7. The predicted octanol–water partition coefficient (Wildman–Crippen LogP) is 6.33. The summed E-state index contributed by atoms with van der Waals surface area (Å²) in [6.07, 6.45) is 0.839. The molecule has 0 aliphatic carbocycles. The topological polar surface area (TPSA) is 49.9 Å². The predicted molar refractivity (Wildman–Crippen MR) is 150 cm³/mol. The Balaban J connectivity index is 1.62. The monoisotopic (exact) mass is 518 g/mol. The van der Waals surface area contributed by atoms with Crippen molar-refractivity contribution in [1.29, 1.82) is 0 Å². The normalized spacial score (nSPS) is 15.4. The molecule has 0 spiro atoms. The highest BCUT2D eigenvalue weighted by Crippen LogP contribution is 2.38. The number of amides is 2. The molecule has 196 valence electrons. The van der Waals surface area contributed by atoms with Crippen molar-refractivity contribution in [3.63, 3.8) is 0 Å². The number of methoxy groups -OCH3 is 1. The minimum absolute atomic E-state index is 0.0238. The van der Waals surface area contributed by atoms with Crippen molar-refractivity contribution in [2.45, 2.75) is 52.5 Å². The molecule has 2 heterocycles. The fourth-order valence-electron chi connectivity index (χ4n) is 4.94. The number of hydrogen-bond donors (Lipinski definition) is 0. The van der Waals surface area contributed by atoms with Gasteiger partial charge in [0.2, 0.25) is 5.91 Å². The molecule has 0 bridgehead atoms. The second kappa shape index (κ2) is 11.1. The second-order valence-electron chi connectivity index (χ2n) is 11.2. The molecule has 0 fully saturated rings. The first-order valence-corrected chi connectivity index (χ1v) is 13.9. The van der Waals surface area contributed by atoms with Gasteiger partial charge in [-0.15, -0.1) is 11.3 Å². The first-order chi connectivity index (χ1) is 17.6. The van der Waals surface area contributed by atoms with Crippen molar-refractivity contribution in [2.24, 2.45) is 5.92 Å². The number of thiophene rings is 1. The summed E-state index contributed by atoms with van der Waals surface area (Å²) in [4.78, 5) is 32.3. The van der Waals surface area contributed by atoms with Crippen LogP contribution in [0.25, 0.3) is 0 Å². The van der Waals surface area contributed by atoms with E-state index in [4.69, 9.17) is 4.74 Å². The average Bonchev–Trinajstić information content (AvgIpc) is 3.35. The number of carbonyl (C=O) groups is 2. The lowest BCUT2D eigenvalue weighted by Gasteiger charge is -2.38. The molecule has 1 aliphatic heterocycles. The van der Waals surface area contributed by atoms with Crippen LogP contribution in [0.4, 0.5) is 0 Å². The lowest BCUT2D eigenvalue weighted by molar-refractivity contribution is -0.134. The molecule has 6 heteroatoms. The van der Waals surface area contributed by atoms with E-state index in [1.165, 1.54) is 16.0 Å². The van der Waals surface area contributed by atoms with E-state index >= 15 is 0 Å². The van der Waals surface area contributed by atoms with E-state index in [0.29, 0.717) is 24.4 Å². The maximum Gasteiger partial charge on any atom is 0.254 e. The zero-order valence-corrected chi connectivity index (χ0v) is 23.6. The minimum atomic E-state index is -0.145. The van der Waals surface area contributed by atoms with Gasteiger partial charge in [0.15, 0.2) is 0 Å². The van der Waals surface area contributed by atoms with Gasteiger partial charge in [0.25, 0.3) is 5.91 Å². The summed E-state index contributed by atoms with van der Waals surface area (Å²) >= 11 is 1.76. The average molecular weight is 519 g/mol. The van der Waals surface area contributed by atoms with E-state index in [9.17, 15) is 9.59 Å². The Bertz CT molecular complexity index is 1220. The van der Waals surface area contributed by atoms with Crippen LogP contribution in [0.15, 0.2) is 60.0 Å². The molecule has 0 N–H and O–H groups in total. The Kier molecular flexibility index (Phi) is 8.08. The van der Waals surface area contributed by atoms with E-state index in [0.717, 1.165) is 12.0 Å². The van der Waals surface area contributed by atoms with Gasteiger partial charge in [0.1, 0.15) is 12.3 Å². The molecule has 0 saturated heterocycles. The Morgan fingerprint density at radius 3 is 2.32 bits per heavy atom. The third-order valence-corrected chi connectivity index (χ3v) is 7.91. The van der Waals surface area contributed by atoms with Gasteiger partial charge >= 0.3 is 0 Å². The largest absolute Gasteiger partial charge is 0.497 e. The summed E-state index contributed by atoms with van der Waals surface area (Å²) in [7, 11) is 1.60. The van der Waals surface area contributed by atoms with Gasteiger partial charge in [-0.05, 0) is 70.2 Å². The quantitative estimate of drug-likeness (QED) is 0.367. The third kappa shape index (κ3) is 6.07. The Hall–Kier alpha value is -3.12. The van der Waals surface area contributed by atoms with Gasteiger partial charge in [-0.1, -0.05) is 58.9 Å². The van der Waals surface area contributed by atoms with Crippen molar-refractivity contribution < 1.29 is 14.3 Å². The summed E-state index contributed by atoms with van der Waals surface area (Å²) < 4.78 is 5.23. The molecule has 1 aliphatic rings. The Labute approximate surface area is 225 Å². The molecule has 3 aromatic rings. The molecular weight excluding hydrogens is 480 g/mol. The van der Waals surface area contributed by atoms with Crippen LogP contribution < -0.4 is 4.74 Å². The molecule has 2 aromatic carbocycles. The molecule has 1 aromatic heterocycles. The minimum Gasteiger partial charge on any atom is -0.497 e. The van der Waals surface area contributed by atoms with Gasteiger partial charge < -0.3 is 14.5 Å². The van der Waals surface area contributed by atoms with Crippen molar-refractivity contribution in [1.82, 2.24) is 9.80 Å². The van der Waals surface area contributed by atoms with E-state index < -0.39 is 0 Å². The SMILES string of the molecule is COc1ccc(C(=O)N(CC(=O)N2CCc3sccc3C2c2ccc(C(C)(C)C)cc2)CC(C)C)cc1. The molecule has 5 nitrogen and oxygen atoms in total. The summed E-state index contributed by atoms with van der Waals surface area (Å²) in [5, 5.41) is 2.12. The lowest BCUT2D eigenvalue weighted by atomic mass is 9.85. The smallest absolute Gasteiger partial charge is 0.254 e. The van der Waals surface area contributed by atoms with Crippen LogP contribution >= 0.6 is 11.3 Å². The van der Waals surface area contributed by atoms with E-state index in [1.54, 1.807) is 47.6 Å². The maximum absolute atomic E-state index is 13.9. The van der Waals surface area contributed by atoms with Gasteiger partial charge in [0.05, 0.1) is 13.2 Å². The number of nitrogens with zero attached hydrogens (tertiary/aromatic N) is 2. The molecule has 37 heavy (non-hydrogen) atoms. The molecule has 1 unspecified atom stereocenters. The molecular formula is C31H38N2O3S. The fraction of sp³-hybridized carbons (Fsp3) is 0.419. The van der Waals surface area contributed by atoms with Gasteiger partial charge in [-0.3, -0.25) is 9.59 Å². The fourth-order valence-corrected chi connectivity index (χ4v) is 5.84. The highest BCUT2D eigenvalue weighted by Gasteiger charge is 2.34. The summed E-state index contributed by atoms with van der Waals surface area (Å²) in [6, 6.07) is 17.8. The van der Waals surface area contributed by atoms with Crippen molar-refractivity contribution in [3.05, 3.63) is 87.1 Å². The van der Waals surface area contributed by atoms with Crippen LogP contribution in [-0.2, 0) is 16.6 Å². The van der Waals surface area contributed by atoms with Crippen LogP contribution in [-0.4, -0.2) is 48.4 Å². The second-order valence-corrected chi connectivity index (χ2v) is 12.2. The van der Waals surface area contributed by atoms with Crippen molar-refractivity contribution in [2.75, 3.05) is 26.7 Å². The molecule has 2 amide bonds. The molecule has 0 radical (unpaired) electrons. The first kappa shape index (κ1) is 26.9. The number of hydrogen-bond acceptors (Lipinski definition) is 4. The standard InChI is InChI=1S/C31H38N2O3S/c1-21(2)19-32(30(35)23-9-13-25(36-6)14-10-23)20-28(34)33-17-15-27-26(16-18-37-27)29(33)22-7-11-24(12-8-22)31(3,4)5/h7-14,16,18,21,29H,15,17,19-20H2,1-6H3.